The molecule has 1 amide bonds. The smallest absolute Gasteiger partial charge is 0.225 e. The highest BCUT2D eigenvalue weighted by Crippen LogP contribution is 2.25. The molecular weight excluding hydrogens is 417 g/mol. The number of nitrogens with zero attached hydrogens (tertiary/aromatic N) is 2. The number of amides is 1. The molecule has 1 heterocycles. The first-order valence-corrected chi connectivity index (χ1v) is 11.2. The second kappa shape index (κ2) is 9.84. The van der Waals surface area contributed by atoms with Crippen molar-refractivity contribution < 1.29 is 4.79 Å². The van der Waals surface area contributed by atoms with Crippen molar-refractivity contribution in [3.05, 3.63) is 63.9 Å². The topological polar surface area (TPSA) is 46.9 Å². The van der Waals surface area contributed by atoms with Crippen LogP contribution in [0.15, 0.2) is 42.5 Å². The monoisotopic (exact) mass is 445 g/mol. The molecule has 0 fully saturated rings. The van der Waals surface area contributed by atoms with Gasteiger partial charge in [0.1, 0.15) is 5.82 Å². The molecule has 1 aromatic heterocycles. The van der Waals surface area contributed by atoms with Crippen LogP contribution in [0, 0.1) is 5.41 Å². The van der Waals surface area contributed by atoms with Crippen LogP contribution in [0.5, 0.6) is 0 Å². The van der Waals surface area contributed by atoms with E-state index in [1.165, 1.54) is 0 Å². The molecule has 0 saturated carbocycles. The maximum absolute atomic E-state index is 11.9. The van der Waals surface area contributed by atoms with Crippen LogP contribution in [0.1, 0.15) is 51.4 Å². The van der Waals surface area contributed by atoms with Crippen LogP contribution in [0.3, 0.4) is 0 Å². The van der Waals surface area contributed by atoms with Crippen LogP contribution < -0.4 is 5.32 Å². The molecule has 2 aromatic carbocycles. The molecule has 0 atom stereocenters. The standard InChI is InChI=1S/C24H29Cl2N3O/c1-24(2,3)23(30)27-14-8-4-5-11-22-28-20-9-6-7-10-21(20)29(22)16-17-12-13-18(25)15-19(17)26/h6-7,9-10,12-13,15H,4-5,8,11,14,16H2,1-3H3,(H,27,30). The van der Waals surface area contributed by atoms with Gasteiger partial charge in [0.2, 0.25) is 5.91 Å². The molecule has 3 rings (SSSR count). The summed E-state index contributed by atoms with van der Waals surface area (Å²) in [5.74, 6) is 1.16. The number of halogens is 2. The Labute approximate surface area is 188 Å². The van der Waals surface area contributed by atoms with Gasteiger partial charge in [-0.1, -0.05) is 68.6 Å². The van der Waals surface area contributed by atoms with Crippen molar-refractivity contribution in [3.8, 4) is 0 Å². The predicted molar refractivity (Wildman–Crippen MR) is 125 cm³/mol. The van der Waals surface area contributed by atoms with E-state index in [1.807, 2.05) is 51.1 Å². The third-order valence-electron chi connectivity index (χ3n) is 5.12. The maximum atomic E-state index is 11.9. The Bertz CT molecular complexity index is 1020. The number of carbonyl (C=O) groups is 1. The van der Waals surface area contributed by atoms with Crippen molar-refractivity contribution in [1.29, 1.82) is 0 Å². The largest absolute Gasteiger partial charge is 0.356 e. The van der Waals surface area contributed by atoms with E-state index in [1.54, 1.807) is 6.07 Å². The number of fused-ring (bicyclic) bond motifs is 1. The zero-order valence-electron chi connectivity index (χ0n) is 17.8. The molecule has 0 aliphatic heterocycles. The Hall–Kier alpha value is -2.04. The molecule has 0 radical (unpaired) electrons. The number of hydrogen-bond acceptors (Lipinski definition) is 2. The summed E-state index contributed by atoms with van der Waals surface area (Å²) in [5.41, 5.74) is 2.79. The summed E-state index contributed by atoms with van der Waals surface area (Å²) in [6.07, 6.45) is 3.90. The van der Waals surface area contributed by atoms with Crippen LogP contribution in [-0.4, -0.2) is 22.0 Å². The highest BCUT2D eigenvalue weighted by atomic mass is 35.5. The van der Waals surface area contributed by atoms with Gasteiger partial charge in [-0.2, -0.15) is 0 Å². The van der Waals surface area contributed by atoms with Gasteiger partial charge in [-0.25, -0.2) is 4.98 Å². The summed E-state index contributed by atoms with van der Waals surface area (Å²) < 4.78 is 2.24. The Balaban J connectivity index is 1.64. The zero-order chi connectivity index (χ0) is 21.7. The first-order chi connectivity index (χ1) is 14.3. The SMILES string of the molecule is CC(C)(C)C(=O)NCCCCCc1nc2ccccc2n1Cc1ccc(Cl)cc1Cl. The Morgan fingerprint density at radius 1 is 1.07 bits per heavy atom. The summed E-state index contributed by atoms with van der Waals surface area (Å²) in [7, 11) is 0. The van der Waals surface area contributed by atoms with Crippen LogP contribution in [-0.2, 0) is 17.8 Å². The number of unbranched alkanes of at least 4 members (excludes halogenated alkanes) is 2. The third-order valence-corrected chi connectivity index (χ3v) is 5.71. The number of aryl methyl sites for hydroxylation is 1. The normalized spacial score (nSPS) is 11.8. The number of para-hydroxylation sites is 2. The molecule has 0 saturated heterocycles. The van der Waals surface area contributed by atoms with Gasteiger partial charge in [-0.05, 0) is 42.7 Å². The second-order valence-electron chi connectivity index (χ2n) is 8.66. The minimum Gasteiger partial charge on any atom is -0.356 e. The summed E-state index contributed by atoms with van der Waals surface area (Å²) in [6.45, 7) is 7.17. The van der Waals surface area contributed by atoms with Crippen LogP contribution in [0.4, 0.5) is 0 Å². The van der Waals surface area contributed by atoms with Gasteiger partial charge in [0, 0.05) is 28.4 Å². The molecule has 0 aliphatic rings. The van der Waals surface area contributed by atoms with Crippen molar-refractivity contribution in [2.75, 3.05) is 6.54 Å². The summed E-state index contributed by atoms with van der Waals surface area (Å²) in [6, 6.07) is 13.8. The number of carbonyl (C=O) groups excluding carboxylic acids is 1. The Kier molecular flexibility index (Phi) is 7.43. The fraction of sp³-hybridized carbons (Fsp3) is 0.417. The predicted octanol–water partition coefficient (Wildman–Crippen LogP) is 6.27. The molecule has 1 N–H and O–H groups in total. The van der Waals surface area contributed by atoms with E-state index in [9.17, 15) is 4.79 Å². The lowest BCUT2D eigenvalue weighted by atomic mass is 9.96. The van der Waals surface area contributed by atoms with Gasteiger partial charge in [-0.15, -0.1) is 0 Å². The molecule has 0 bridgehead atoms. The van der Waals surface area contributed by atoms with E-state index in [-0.39, 0.29) is 11.3 Å². The van der Waals surface area contributed by atoms with E-state index in [0.717, 1.165) is 48.1 Å². The van der Waals surface area contributed by atoms with Gasteiger partial charge in [-0.3, -0.25) is 4.79 Å². The molecule has 6 heteroatoms. The third kappa shape index (κ3) is 5.77. The summed E-state index contributed by atoms with van der Waals surface area (Å²) >= 11 is 12.5. The minimum atomic E-state index is -0.339. The molecule has 30 heavy (non-hydrogen) atoms. The van der Waals surface area contributed by atoms with Gasteiger partial charge < -0.3 is 9.88 Å². The van der Waals surface area contributed by atoms with E-state index in [2.05, 4.69) is 16.0 Å². The molecule has 4 nitrogen and oxygen atoms in total. The molecule has 160 valence electrons. The number of hydrogen-bond donors (Lipinski definition) is 1. The zero-order valence-corrected chi connectivity index (χ0v) is 19.4. The molecule has 0 unspecified atom stereocenters. The highest BCUT2D eigenvalue weighted by molar-refractivity contribution is 6.35. The van der Waals surface area contributed by atoms with E-state index in [0.29, 0.717) is 23.1 Å². The van der Waals surface area contributed by atoms with Crippen molar-refractivity contribution in [1.82, 2.24) is 14.9 Å². The fourth-order valence-electron chi connectivity index (χ4n) is 3.36. The molecular formula is C24H29Cl2N3O. The molecule has 0 spiro atoms. The number of imidazole rings is 1. The number of nitrogens with one attached hydrogen (secondary N) is 1. The summed E-state index contributed by atoms with van der Waals surface area (Å²) in [4.78, 5) is 16.8. The van der Waals surface area contributed by atoms with Crippen molar-refractivity contribution >= 4 is 40.1 Å². The number of rotatable bonds is 8. The second-order valence-corrected chi connectivity index (χ2v) is 9.50. The van der Waals surface area contributed by atoms with Crippen LogP contribution >= 0.6 is 23.2 Å². The first kappa shape index (κ1) is 22.6. The van der Waals surface area contributed by atoms with Gasteiger partial charge in [0.15, 0.2) is 0 Å². The molecule has 3 aromatic rings. The lowest BCUT2D eigenvalue weighted by Crippen LogP contribution is -2.35. The summed E-state index contributed by atoms with van der Waals surface area (Å²) in [5, 5.41) is 4.32. The van der Waals surface area contributed by atoms with Crippen LogP contribution in [0.2, 0.25) is 10.0 Å². The minimum absolute atomic E-state index is 0.101. The quantitative estimate of drug-likeness (QED) is 0.415. The van der Waals surface area contributed by atoms with E-state index >= 15 is 0 Å². The average Bonchev–Trinajstić information content (AvgIpc) is 3.03. The fourth-order valence-corrected chi connectivity index (χ4v) is 3.83. The van der Waals surface area contributed by atoms with Crippen molar-refractivity contribution in [2.24, 2.45) is 5.41 Å². The number of benzene rings is 2. The van der Waals surface area contributed by atoms with Gasteiger partial charge in [0.05, 0.1) is 17.6 Å². The Morgan fingerprint density at radius 3 is 2.57 bits per heavy atom. The average molecular weight is 446 g/mol. The van der Waals surface area contributed by atoms with Crippen molar-refractivity contribution in [3.63, 3.8) is 0 Å². The highest BCUT2D eigenvalue weighted by Gasteiger charge is 2.20. The lowest BCUT2D eigenvalue weighted by molar-refractivity contribution is -0.128. The molecule has 0 aliphatic carbocycles. The van der Waals surface area contributed by atoms with Gasteiger partial charge in [0.25, 0.3) is 0 Å². The van der Waals surface area contributed by atoms with Crippen LogP contribution in [0.25, 0.3) is 11.0 Å². The maximum Gasteiger partial charge on any atom is 0.225 e. The number of aromatic nitrogens is 2. The first-order valence-electron chi connectivity index (χ1n) is 10.4. The lowest BCUT2D eigenvalue weighted by Gasteiger charge is -2.17. The van der Waals surface area contributed by atoms with E-state index < -0.39 is 0 Å². The van der Waals surface area contributed by atoms with E-state index in [4.69, 9.17) is 28.2 Å². The Morgan fingerprint density at radius 2 is 1.83 bits per heavy atom. The van der Waals surface area contributed by atoms with Crippen molar-refractivity contribution in [2.45, 2.75) is 53.0 Å². The van der Waals surface area contributed by atoms with Gasteiger partial charge >= 0.3 is 0 Å².